The van der Waals surface area contributed by atoms with Gasteiger partial charge in [0.15, 0.2) is 5.65 Å². The second-order valence-corrected chi connectivity index (χ2v) is 4.80. The van der Waals surface area contributed by atoms with Crippen LogP contribution >= 0.6 is 11.6 Å². The lowest BCUT2D eigenvalue weighted by Crippen LogP contribution is -2.28. The highest BCUT2D eigenvalue weighted by atomic mass is 35.5. The quantitative estimate of drug-likeness (QED) is 0.779. The molecule has 0 aliphatic heterocycles. The molecule has 2 aromatic heterocycles. The van der Waals surface area contributed by atoms with E-state index in [0.29, 0.717) is 5.15 Å². The van der Waals surface area contributed by atoms with Crippen molar-refractivity contribution in [1.82, 2.24) is 14.6 Å². The molecule has 5 heteroatoms. The summed E-state index contributed by atoms with van der Waals surface area (Å²) in [6, 6.07) is 1.88. The first-order valence-electron chi connectivity index (χ1n) is 6.43. The molecule has 0 saturated heterocycles. The summed E-state index contributed by atoms with van der Waals surface area (Å²) in [5.41, 5.74) is 1.80. The van der Waals surface area contributed by atoms with Crippen molar-refractivity contribution in [3.8, 4) is 0 Å². The van der Waals surface area contributed by atoms with Gasteiger partial charge in [0.1, 0.15) is 11.0 Å². The standard InChI is InChI=1S/C13H19ClN4/c1-4-8-17(9-5-2)13-10(3)12(14)16-11-6-7-15-18(11)13/h6-7H,4-5,8-9H2,1-3H3. The van der Waals surface area contributed by atoms with E-state index < -0.39 is 0 Å². The number of nitrogens with zero attached hydrogens (tertiary/aromatic N) is 4. The van der Waals surface area contributed by atoms with Gasteiger partial charge in [0.2, 0.25) is 0 Å². The summed E-state index contributed by atoms with van der Waals surface area (Å²) in [6.45, 7) is 8.38. The number of aromatic nitrogens is 3. The molecule has 0 aliphatic carbocycles. The topological polar surface area (TPSA) is 33.4 Å². The van der Waals surface area contributed by atoms with Crippen LogP contribution < -0.4 is 4.90 Å². The minimum atomic E-state index is 0.565. The van der Waals surface area contributed by atoms with Crippen LogP contribution in [0.3, 0.4) is 0 Å². The van der Waals surface area contributed by atoms with E-state index in [-0.39, 0.29) is 0 Å². The van der Waals surface area contributed by atoms with E-state index in [1.165, 1.54) is 0 Å². The molecule has 0 aromatic carbocycles. The molecule has 0 aliphatic rings. The average molecular weight is 267 g/mol. The van der Waals surface area contributed by atoms with Gasteiger partial charge in [-0.2, -0.15) is 9.61 Å². The Hall–Kier alpha value is -1.29. The molecule has 0 amide bonds. The number of fused-ring (bicyclic) bond motifs is 1. The van der Waals surface area contributed by atoms with Crippen LogP contribution in [0.25, 0.3) is 5.65 Å². The molecule has 0 N–H and O–H groups in total. The Morgan fingerprint density at radius 2 is 1.94 bits per heavy atom. The third-order valence-electron chi connectivity index (χ3n) is 2.97. The maximum absolute atomic E-state index is 6.22. The molecule has 0 saturated carbocycles. The van der Waals surface area contributed by atoms with E-state index in [9.17, 15) is 0 Å². The molecule has 0 atom stereocenters. The van der Waals surface area contributed by atoms with E-state index in [4.69, 9.17) is 11.6 Å². The monoisotopic (exact) mass is 266 g/mol. The number of anilines is 1. The lowest BCUT2D eigenvalue weighted by molar-refractivity contribution is 0.712. The van der Waals surface area contributed by atoms with Gasteiger partial charge in [0.05, 0.1) is 6.20 Å². The molecule has 98 valence electrons. The molecule has 18 heavy (non-hydrogen) atoms. The van der Waals surface area contributed by atoms with Crippen molar-refractivity contribution >= 4 is 23.1 Å². The van der Waals surface area contributed by atoms with Crippen molar-refractivity contribution in [2.75, 3.05) is 18.0 Å². The molecular formula is C13H19ClN4. The molecule has 0 fully saturated rings. The van der Waals surface area contributed by atoms with Crippen LogP contribution in [-0.4, -0.2) is 27.7 Å². The Kier molecular flexibility index (Phi) is 4.07. The van der Waals surface area contributed by atoms with Crippen LogP contribution in [-0.2, 0) is 0 Å². The number of hydrogen-bond acceptors (Lipinski definition) is 3. The van der Waals surface area contributed by atoms with Gasteiger partial charge in [-0.25, -0.2) is 4.98 Å². The highest BCUT2D eigenvalue weighted by Gasteiger charge is 2.16. The van der Waals surface area contributed by atoms with Crippen LogP contribution in [0.15, 0.2) is 12.3 Å². The van der Waals surface area contributed by atoms with Gasteiger partial charge < -0.3 is 4.90 Å². The van der Waals surface area contributed by atoms with E-state index in [2.05, 4.69) is 28.8 Å². The highest BCUT2D eigenvalue weighted by molar-refractivity contribution is 6.30. The fraction of sp³-hybridized carbons (Fsp3) is 0.538. The van der Waals surface area contributed by atoms with Gasteiger partial charge in [0.25, 0.3) is 0 Å². The molecule has 0 spiro atoms. The van der Waals surface area contributed by atoms with Crippen molar-refractivity contribution < 1.29 is 0 Å². The maximum Gasteiger partial charge on any atom is 0.159 e. The van der Waals surface area contributed by atoms with E-state index in [1.54, 1.807) is 6.20 Å². The lowest BCUT2D eigenvalue weighted by Gasteiger charge is -2.26. The summed E-state index contributed by atoms with van der Waals surface area (Å²) in [6.07, 6.45) is 3.96. The molecule has 0 unspecified atom stereocenters. The third kappa shape index (κ3) is 2.29. The Labute approximate surface area is 113 Å². The summed E-state index contributed by atoms with van der Waals surface area (Å²) in [5, 5.41) is 4.92. The molecule has 0 radical (unpaired) electrons. The van der Waals surface area contributed by atoms with Crippen LogP contribution in [0.4, 0.5) is 5.82 Å². The van der Waals surface area contributed by atoms with Gasteiger partial charge >= 0.3 is 0 Å². The summed E-state index contributed by atoms with van der Waals surface area (Å²) >= 11 is 6.22. The molecule has 0 bridgehead atoms. The molecule has 4 nitrogen and oxygen atoms in total. The van der Waals surface area contributed by atoms with Crippen molar-refractivity contribution in [1.29, 1.82) is 0 Å². The van der Waals surface area contributed by atoms with Crippen LogP contribution in [0, 0.1) is 6.92 Å². The Bertz CT molecular complexity index is 529. The lowest BCUT2D eigenvalue weighted by atomic mass is 10.2. The first kappa shape index (κ1) is 13.1. The first-order chi connectivity index (χ1) is 8.69. The third-order valence-corrected chi connectivity index (χ3v) is 3.34. The van der Waals surface area contributed by atoms with Crippen molar-refractivity contribution in [3.63, 3.8) is 0 Å². The van der Waals surface area contributed by atoms with E-state index >= 15 is 0 Å². The van der Waals surface area contributed by atoms with Gasteiger partial charge in [0, 0.05) is 24.7 Å². The Morgan fingerprint density at radius 1 is 1.28 bits per heavy atom. The summed E-state index contributed by atoms with van der Waals surface area (Å²) in [7, 11) is 0. The van der Waals surface area contributed by atoms with Crippen LogP contribution in [0.1, 0.15) is 32.3 Å². The average Bonchev–Trinajstić information content (AvgIpc) is 2.78. The SMILES string of the molecule is CCCN(CCC)c1c(C)c(Cl)nc2ccnn12. The highest BCUT2D eigenvalue weighted by Crippen LogP contribution is 2.26. The zero-order valence-corrected chi connectivity index (χ0v) is 11.9. The largest absolute Gasteiger partial charge is 0.356 e. The predicted octanol–water partition coefficient (Wildman–Crippen LogP) is 3.32. The van der Waals surface area contributed by atoms with Gasteiger partial charge in [-0.3, -0.25) is 0 Å². The van der Waals surface area contributed by atoms with Crippen LogP contribution in [0.5, 0.6) is 0 Å². The second-order valence-electron chi connectivity index (χ2n) is 4.44. The zero-order valence-electron chi connectivity index (χ0n) is 11.1. The molecule has 2 heterocycles. The minimum absolute atomic E-state index is 0.565. The van der Waals surface area contributed by atoms with Gasteiger partial charge in [-0.1, -0.05) is 25.4 Å². The molecular weight excluding hydrogens is 248 g/mol. The summed E-state index contributed by atoms with van der Waals surface area (Å²) < 4.78 is 1.88. The van der Waals surface area contributed by atoms with E-state index in [0.717, 1.165) is 43.0 Å². The number of hydrogen-bond donors (Lipinski definition) is 0. The Morgan fingerprint density at radius 3 is 2.56 bits per heavy atom. The fourth-order valence-electron chi connectivity index (χ4n) is 2.21. The Balaban J connectivity index is 2.58. The van der Waals surface area contributed by atoms with Gasteiger partial charge in [-0.05, 0) is 19.8 Å². The smallest absolute Gasteiger partial charge is 0.159 e. The van der Waals surface area contributed by atoms with Crippen molar-refractivity contribution in [2.45, 2.75) is 33.6 Å². The summed E-state index contributed by atoms with van der Waals surface area (Å²) in [4.78, 5) is 6.67. The zero-order chi connectivity index (χ0) is 13.1. The van der Waals surface area contributed by atoms with E-state index in [1.807, 2.05) is 17.5 Å². The summed E-state index contributed by atoms with van der Waals surface area (Å²) in [5.74, 6) is 1.07. The van der Waals surface area contributed by atoms with Crippen molar-refractivity contribution in [3.05, 3.63) is 23.0 Å². The first-order valence-corrected chi connectivity index (χ1v) is 6.81. The number of halogens is 1. The fourth-order valence-corrected chi connectivity index (χ4v) is 2.39. The maximum atomic E-state index is 6.22. The molecule has 2 aromatic rings. The molecule has 2 rings (SSSR count). The second kappa shape index (κ2) is 5.57. The predicted molar refractivity (Wildman–Crippen MR) is 75.5 cm³/mol. The van der Waals surface area contributed by atoms with Crippen molar-refractivity contribution in [2.24, 2.45) is 0 Å². The minimum Gasteiger partial charge on any atom is -0.356 e. The van der Waals surface area contributed by atoms with Crippen LogP contribution in [0.2, 0.25) is 5.15 Å². The van der Waals surface area contributed by atoms with Gasteiger partial charge in [-0.15, -0.1) is 0 Å². The normalized spacial score (nSPS) is 11.1. The number of rotatable bonds is 5.